The molecule has 0 fully saturated rings. The molecule has 0 radical (unpaired) electrons. The number of halogens is 1. The molecule has 3 nitrogen and oxygen atoms in total. The average molecular weight is 224 g/mol. The minimum absolute atomic E-state index is 0.720. The maximum absolute atomic E-state index is 5.62. The first-order valence-electron chi connectivity index (χ1n) is 5.18. The number of hydrogen-bond acceptors (Lipinski definition) is 2. The van der Waals surface area contributed by atoms with E-state index in [0.717, 1.165) is 47.8 Å². The highest BCUT2D eigenvalue weighted by Crippen LogP contribution is 2.11. The standard InChI is InChI=1S/C11H14ClN3/c1-8-5-6-9-11(13-8)15-10(14-9)4-2-3-7-12/h5-6H,2-4,7H2,1H3,(H,13,14,15). The van der Waals surface area contributed by atoms with Gasteiger partial charge < -0.3 is 4.98 Å². The van der Waals surface area contributed by atoms with Crippen molar-refractivity contribution >= 4 is 22.8 Å². The van der Waals surface area contributed by atoms with Gasteiger partial charge in [-0.3, -0.25) is 0 Å². The third kappa shape index (κ3) is 2.48. The minimum atomic E-state index is 0.720. The zero-order valence-corrected chi connectivity index (χ0v) is 9.51. The van der Waals surface area contributed by atoms with E-state index in [-0.39, 0.29) is 0 Å². The molecule has 0 unspecified atom stereocenters. The number of pyridine rings is 1. The first-order chi connectivity index (χ1) is 7.29. The van der Waals surface area contributed by atoms with Crippen molar-refractivity contribution in [3.8, 4) is 0 Å². The van der Waals surface area contributed by atoms with E-state index in [1.165, 1.54) is 0 Å². The van der Waals surface area contributed by atoms with Crippen LogP contribution in [0.1, 0.15) is 24.4 Å². The zero-order chi connectivity index (χ0) is 10.7. The van der Waals surface area contributed by atoms with E-state index in [2.05, 4.69) is 15.0 Å². The number of aryl methyl sites for hydroxylation is 2. The molecule has 80 valence electrons. The molecule has 2 rings (SSSR count). The average Bonchev–Trinajstić information content (AvgIpc) is 2.60. The van der Waals surface area contributed by atoms with Crippen molar-refractivity contribution in [3.05, 3.63) is 23.7 Å². The Morgan fingerprint density at radius 3 is 2.93 bits per heavy atom. The van der Waals surface area contributed by atoms with Crippen LogP contribution in [-0.4, -0.2) is 20.8 Å². The molecule has 2 aromatic rings. The number of rotatable bonds is 4. The fraction of sp³-hybridized carbons (Fsp3) is 0.455. The fourth-order valence-electron chi connectivity index (χ4n) is 1.54. The number of nitrogens with zero attached hydrogens (tertiary/aromatic N) is 2. The maximum atomic E-state index is 5.62. The third-order valence-electron chi connectivity index (χ3n) is 2.33. The summed E-state index contributed by atoms with van der Waals surface area (Å²) >= 11 is 5.62. The maximum Gasteiger partial charge on any atom is 0.177 e. The summed E-state index contributed by atoms with van der Waals surface area (Å²) in [4.78, 5) is 12.1. The molecule has 15 heavy (non-hydrogen) atoms. The van der Waals surface area contributed by atoms with Crippen LogP contribution < -0.4 is 0 Å². The van der Waals surface area contributed by atoms with E-state index in [4.69, 9.17) is 11.6 Å². The molecular weight excluding hydrogens is 210 g/mol. The smallest absolute Gasteiger partial charge is 0.177 e. The Balaban J connectivity index is 2.16. The molecular formula is C11H14ClN3. The van der Waals surface area contributed by atoms with E-state index >= 15 is 0 Å². The van der Waals surface area contributed by atoms with Crippen LogP contribution in [0.3, 0.4) is 0 Å². The van der Waals surface area contributed by atoms with Crippen molar-refractivity contribution in [2.24, 2.45) is 0 Å². The first kappa shape index (κ1) is 10.4. The number of hydrogen-bond donors (Lipinski definition) is 1. The largest absolute Gasteiger partial charge is 0.341 e. The molecule has 0 aliphatic rings. The van der Waals surface area contributed by atoms with Gasteiger partial charge in [0.15, 0.2) is 5.65 Å². The molecule has 0 aliphatic heterocycles. The van der Waals surface area contributed by atoms with E-state index in [1.807, 2.05) is 19.1 Å². The van der Waals surface area contributed by atoms with Gasteiger partial charge in [-0.2, -0.15) is 0 Å². The molecule has 0 atom stereocenters. The van der Waals surface area contributed by atoms with Gasteiger partial charge in [-0.15, -0.1) is 11.6 Å². The Kier molecular flexibility index (Phi) is 3.21. The quantitative estimate of drug-likeness (QED) is 0.640. The monoisotopic (exact) mass is 223 g/mol. The molecule has 0 aliphatic carbocycles. The van der Waals surface area contributed by atoms with Crippen molar-refractivity contribution < 1.29 is 0 Å². The number of H-pyrrole nitrogens is 1. The third-order valence-corrected chi connectivity index (χ3v) is 2.60. The lowest BCUT2D eigenvalue weighted by Gasteiger charge is -1.92. The van der Waals surface area contributed by atoms with Crippen molar-refractivity contribution in [2.45, 2.75) is 26.2 Å². The molecule has 0 aromatic carbocycles. The molecule has 1 N–H and O–H groups in total. The fourth-order valence-corrected chi connectivity index (χ4v) is 1.73. The van der Waals surface area contributed by atoms with Gasteiger partial charge in [0, 0.05) is 18.0 Å². The van der Waals surface area contributed by atoms with Crippen LogP contribution in [0.2, 0.25) is 0 Å². The Hall–Kier alpha value is -1.09. The lowest BCUT2D eigenvalue weighted by Crippen LogP contribution is -1.88. The van der Waals surface area contributed by atoms with Crippen LogP contribution in [0.4, 0.5) is 0 Å². The Bertz CT molecular complexity index is 450. The van der Waals surface area contributed by atoms with E-state index in [1.54, 1.807) is 0 Å². The van der Waals surface area contributed by atoms with Crippen molar-refractivity contribution in [1.82, 2.24) is 15.0 Å². The van der Waals surface area contributed by atoms with Gasteiger partial charge in [-0.05, 0) is 31.9 Å². The summed E-state index contributed by atoms with van der Waals surface area (Å²) in [7, 11) is 0. The van der Waals surface area contributed by atoms with Gasteiger partial charge in [0.05, 0.1) is 5.52 Å². The lowest BCUT2D eigenvalue weighted by atomic mass is 10.2. The van der Waals surface area contributed by atoms with Crippen molar-refractivity contribution in [2.75, 3.05) is 5.88 Å². The second-order valence-electron chi connectivity index (χ2n) is 3.65. The van der Waals surface area contributed by atoms with Gasteiger partial charge in [-0.1, -0.05) is 0 Å². The Morgan fingerprint density at radius 2 is 2.13 bits per heavy atom. The molecule has 0 saturated carbocycles. The molecule has 2 heterocycles. The predicted molar refractivity (Wildman–Crippen MR) is 62.3 cm³/mol. The van der Waals surface area contributed by atoms with Gasteiger partial charge in [-0.25, -0.2) is 9.97 Å². The summed E-state index contributed by atoms with van der Waals surface area (Å²) in [6.07, 6.45) is 3.05. The minimum Gasteiger partial charge on any atom is -0.341 e. The van der Waals surface area contributed by atoms with Crippen LogP contribution in [0.25, 0.3) is 11.2 Å². The van der Waals surface area contributed by atoms with Gasteiger partial charge in [0.25, 0.3) is 0 Å². The first-order valence-corrected chi connectivity index (χ1v) is 5.71. The van der Waals surface area contributed by atoms with Crippen LogP contribution in [-0.2, 0) is 6.42 Å². The number of aromatic nitrogens is 3. The second kappa shape index (κ2) is 4.62. The zero-order valence-electron chi connectivity index (χ0n) is 8.76. The topological polar surface area (TPSA) is 41.6 Å². The lowest BCUT2D eigenvalue weighted by molar-refractivity contribution is 0.768. The SMILES string of the molecule is Cc1ccc2[nH]c(CCCCCl)nc2n1. The van der Waals surface area contributed by atoms with Gasteiger partial charge in [0.1, 0.15) is 5.82 Å². The molecule has 0 spiro atoms. The summed E-state index contributed by atoms with van der Waals surface area (Å²) in [6.45, 7) is 1.97. The van der Waals surface area contributed by atoms with E-state index < -0.39 is 0 Å². The highest BCUT2D eigenvalue weighted by molar-refractivity contribution is 6.17. The molecule has 4 heteroatoms. The van der Waals surface area contributed by atoms with Crippen LogP contribution in [0, 0.1) is 6.92 Å². The van der Waals surface area contributed by atoms with E-state index in [0.29, 0.717) is 0 Å². The molecule has 0 saturated heterocycles. The highest BCUT2D eigenvalue weighted by Gasteiger charge is 2.03. The van der Waals surface area contributed by atoms with Crippen LogP contribution >= 0.6 is 11.6 Å². The summed E-state index contributed by atoms with van der Waals surface area (Å²) in [5, 5.41) is 0. The van der Waals surface area contributed by atoms with Crippen LogP contribution in [0.15, 0.2) is 12.1 Å². The number of unbranched alkanes of at least 4 members (excludes halogenated alkanes) is 1. The van der Waals surface area contributed by atoms with E-state index in [9.17, 15) is 0 Å². The number of nitrogens with one attached hydrogen (secondary N) is 1. The Morgan fingerprint density at radius 1 is 1.27 bits per heavy atom. The molecule has 0 bridgehead atoms. The highest BCUT2D eigenvalue weighted by atomic mass is 35.5. The second-order valence-corrected chi connectivity index (χ2v) is 4.03. The van der Waals surface area contributed by atoms with Crippen molar-refractivity contribution in [3.63, 3.8) is 0 Å². The normalized spacial score (nSPS) is 11.1. The summed E-state index contributed by atoms with van der Waals surface area (Å²) in [6, 6.07) is 4.01. The summed E-state index contributed by atoms with van der Waals surface area (Å²) < 4.78 is 0. The molecule has 2 aromatic heterocycles. The van der Waals surface area contributed by atoms with Crippen LogP contribution in [0.5, 0.6) is 0 Å². The number of alkyl halides is 1. The molecule has 0 amide bonds. The number of aromatic amines is 1. The number of imidazole rings is 1. The number of fused-ring (bicyclic) bond motifs is 1. The van der Waals surface area contributed by atoms with Gasteiger partial charge >= 0.3 is 0 Å². The summed E-state index contributed by atoms with van der Waals surface area (Å²) in [5.41, 5.74) is 2.83. The van der Waals surface area contributed by atoms with Gasteiger partial charge in [0.2, 0.25) is 0 Å². The Labute approximate surface area is 93.9 Å². The summed E-state index contributed by atoms with van der Waals surface area (Å²) in [5.74, 6) is 1.73. The predicted octanol–water partition coefficient (Wildman–Crippen LogP) is 2.83. The van der Waals surface area contributed by atoms with Crippen molar-refractivity contribution in [1.29, 1.82) is 0 Å².